The molecule has 0 radical (unpaired) electrons. The fraction of sp³-hybridized carbons (Fsp3) is 0.364. The zero-order chi connectivity index (χ0) is 21.1. The van der Waals surface area contributed by atoms with Crippen molar-refractivity contribution >= 4 is 33.7 Å². The van der Waals surface area contributed by atoms with Gasteiger partial charge in [0, 0.05) is 19.0 Å². The number of rotatable bonds is 5. The predicted molar refractivity (Wildman–Crippen MR) is 119 cm³/mol. The molecule has 0 bridgehead atoms. The van der Waals surface area contributed by atoms with Crippen LogP contribution in [0.25, 0.3) is 27.7 Å². The minimum absolute atomic E-state index is 0.157. The van der Waals surface area contributed by atoms with E-state index in [0.717, 1.165) is 24.1 Å². The number of aromatic amines is 1. The van der Waals surface area contributed by atoms with Crippen LogP contribution in [0.4, 0.5) is 0 Å². The third kappa shape index (κ3) is 4.00. The molecular weight excluding hydrogens is 400 g/mol. The summed E-state index contributed by atoms with van der Waals surface area (Å²) in [5, 5.41) is 3.16. The molecule has 156 valence electrons. The van der Waals surface area contributed by atoms with Crippen molar-refractivity contribution in [2.45, 2.75) is 38.0 Å². The lowest BCUT2D eigenvalue weighted by atomic mass is 9.86. The molecule has 2 N–H and O–H groups in total. The van der Waals surface area contributed by atoms with Gasteiger partial charge in [-0.15, -0.1) is 0 Å². The fourth-order valence-electron chi connectivity index (χ4n) is 3.93. The molecule has 0 unspecified atom stereocenters. The minimum atomic E-state index is -0.187. The van der Waals surface area contributed by atoms with Crippen molar-refractivity contribution in [1.82, 2.24) is 19.7 Å². The molecule has 1 aliphatic carbocycles. The van der Waals surface area contributed by atoms with Crippen molar-refractivity contribution in [2.75, 3.05) is 14.2 Å². The normalized spacial score (nSPS) is 15.0. The van der Waals surface area contributed by atoms with Gasteiger partial charge in [0.1, 0.15) is 17.0 Å². The van der Waals surface area contributed by atoms with Gasteiger partial charge < -0.3 is 15.0 Å². The summed E-state index contributed by atoms with van der Waals surface area (Å²) in [7, 11) is 3.14. The number of nitrogens with one attached hydrogen (secondary N) is 2. The standard InChI is InChI=1S/C22H24N4O3S/c1-23-17(27)11-9-13-8-10-15(16(12-13)29-2)20-24-21(28)18-19(26-30-22(18)25-20)14-6-4-3-5-7-14/h8-12,14H,3-7H2,1-2H3,(H,23,27)(H,24,25,28)/b11-9+. The number of H-pyrrole nitrogens is 1. The molecule has 30 heavy (non-hydrogen) atoms. The largest absolute Gasteiger partial charge is 0.496 e. The number of hydrogen-bond acceptors (Lipinski definition) is 6. The van der Waals surface area contributed by atoms with Gasteiger partial charge in [0.2, 0.25) is 5.91 Å². The van der Waals surface area contributed by atoms with Crippen LogP contribution >= 0.6 is 11.5 Å². The lowest BCUT2D eigenvalue weighted by molar-refractivity contribution is -0.115. The lowest BCUT2D eigenvalue weighted by Gasteiger charge is -2.19. The van der Waals surface area contributed by atoms with E-state index in [1.54, 1.807) is 26.3 Å². The first-order chi connectivity index (χ1) is 14.6. The second-order valence-electron chi connectivity index (χ2n) is 7.40. The number of nitrogens with zero attached hydrogens (tertiary/aromatic N) is 2. The first kappa shape index (κ1) is 20.3. The molecule has 8 heteroatoms. The number of likely N-dealkylation sites (N-methyl/N-ethyl adjacent to an activating group) is 1. The highest BCUT2D eigenvalue weighted by Crippen LogP contribution is 2.36. The maximum absolute atomic E-state index is 12.9. The molecule has 2 heterocycles. The summed E-state index contributed by atoms with van der Waals surface area (Å²) in [6.07, 6.45) is 8.94. The van der Waals surface area contributed by atoms with E-state index in [-0.39, 0.29) is 11.5 Å². The summed E-state index contributed by atoms with van der Waals surface area (Å²) < 4.78 is 10.1. The van der Waals surface area contributed by atoms with Crippen LogP contribution in [0.15, 0.2) is 29.1 Å². The predicted octanol–water partition coefficient (Wildman–Crippen LogP) is 3.86. The average Bonchev–Trinajstić information content (AvgIpc) is 3.22. The van der Waals surface area contributed by atoms with E-state index in [0.29, 0.717) is 33.3 Å². The molecule has 7 nitrogen and oxygen atoms in total. The number of carbonyl (C=O) groups is 1. The third-order valence-electron chi connectivity index (χ3n) is 5.52. The van der Waals surface area contributed by atoms with Gasteiger partial charge in [-0.2, -0.15) is 4.37 Å². The van der Waals surface area contributed by atoms with Gasteiger partial charge in [-0.3, -0.25) is 9.59 Å². The van der Waals surface area contributed by atoms with Crippen molar-refractivity contribution in [1.29, 1.82) is 0 Å². The van der Waals surface area contributed by atoms with E-state index < -0.39 is 0 Å². The maximum Gasteiger partial charge on any atom is 0.261 e. The highest BCUT2D eigenvalue weighted by Gasteiger charge is 2.23. The molecule has 0 atom stereocenters. The Labute approximate surface area is 178 Å². The van der Waals surface area contributed by atoms with Gasteiger partial charge in [0.05, 0.1) is 18.4 Å². The van der Waals surface area contributed by atoms with Gasteiger partial charge in [0.25, 0.3) is 5.56 Å². The molecule has 0 aliphatic heterocycles. The SMILES string of the molecule is CNC(=O)/C=C/c1ccc(-c2nc3snc(C4CCCCC4)c3c(=O)[nH]2)c(OC)c1. The fourth-order valence-corrected chi connectivity index (χ4v) is 4.77. The van der Waals surface area contributed by atoms with Crippen LogP contribution in [-0.4, -0.2) is 34.4 Å². The number of methoxy groups -OCH3 is 1. The molecule has 1 aromatic carbocycles. The molecule has 1 fully saturated rings. The Morgan fingerprint density at radius 3 is 2.83 bits per heavy atom. The first-order valence-corrected chi connectivity index (χ1v) is 10.9. The van der Waals surface area contributed by atoms with Crippen molar-refractivity contribution in [2.24, 2.45) is 0 Å². The molecule has 3 aromatic rings. The maximum atomic E-state index is 12.9. The zero-order valence-corrected chi connectivity index (χ0v) is 17.8. The molecule has 4 rings (SSSR count). The third-order valence-corrected chi connectivity index (χ3v) is 6.28. The highest BCUT2D eigenvalue weighted by atomic mass is 32.1. The Bertz CT molecular complexity index is 1160. The monoisotopic (exact) mass is 424 g/mol. The Hall–Kier alpha value is -3.00. The Morgan fingerprint density at radius 2 is 2.10 bits per heavy atom. The average molecular weight is 425 g/mol. The molecule has 1 aliphatic rings. The highest BCUT2D eigenvalue weighted by molar-refractivity contribution is 7.12. The summed E-state index contributed by atoms with van der Waals surface area (Å²) in [6, 6.07) is 5.48. The van der Waals surface area contributed by atoms with Crippen LogP contribution in [-0.2, 0) is 4.79 Å². The number of amides is 1. The van der Waals surface area contributed by atoms with E-state index in [1.807, 2.05) is 12.1 Å². The van der Waals surface area contributed by atoms with Crippen molar-refractivity contribution < 1.29 is 9.53 Å². The van der Waals surface area contributed by atoms with E-state index in [2.05, 4.69) is 19.7 Å². The molecule has 2 aromatic heterocycles. The molecule has 0 spiro atoms. The zero-order valence-electron chi connectivity index (χ0n) is 17.0. The van der Waals surface area contributed by atoms with Crippen LogP contribution in [0, 0.1) is 0 Å². The van der Waals surface area contributed by atoms with Crippen LogP contribution < -0.4 is 15.6 Å². The lowest BCUT2D eigenvalue weighted by Crippen LogP contribution is -2.13. The quantitative estimate of drug-likeness (QED) is 0.606. The summed E-state index contributed by atoms with van der Waals surface area (Å²) in [5.41, 5.74) is 2.23. The molecule has 0 saturated heterocycles. The number of fused-ring (bicyclic) bond motifs is 1. The van der Waals surface area contributed by atoms with Crippen LogP contribution in [0.2, 0.25) is 0 Å². The van der Waals surface area contributed by atoms with Crippen LogP contribution in [0.3, 0.4) is 0 Å². The second kappa shape index (κ2) is 8.79. The van der Waals surface area contributed by atoms with Crippen molar-refractivity contribution in [3.8, 4) is 17.1 Å². The van der Waals surface area contributed by atoms with Gasteiger partial charge in [-0.25, -0.2) is 4.98 Å². The van der Waals surface area contributed by atoms with Gasteiger partial charge in [0.15, 0.2) is 4.83 Å². The number of carbonyl (C=O) groups excluding carboxylic acids is 1. The van der Waals surface area contributed by atoms with Crippen molar-refractivity contribution in [3.05, 3.63) is 45.9 Å². The van der Waals surface area contributed by atoms with Crippen molar-refractivity contribution in [3.63, 3.8) is 0 Å². The number of aromatic nitrogens is 3. The van der Waals surface area contributed by atoms with Crippen LogP contribution in [0.5, 0.6) is 5.75 Å². The Kier molecular flexibility index (Phi) is 5.94. The Morgan fingerprint density at radius 1 is 1.30 bits per heavy atom. The van der Waals surface area contributed by atoms with E-state index >= 15 is 0 Å². The first-order valence-electron chi connectivity index (χ1n) is 10.1. The summed E-state index contributed by atoms with van der Waals surface area (Å²) >= 11 is 1.28. The smallest absolute Gasteiger partial charge is 0.261 e. The second-order valence-corrected chi connectivity index (χ2v) is 8.16. The van der Waals surface area contributed by atoms with Gasteiger partial charge >= 0.3 is 0 Å². The number of hydrogen-bond donors (Lipinski definition) is 2. The Balaban J connectivity index is 1.72. The summed E-state index contributed by atoms with van der Waals surface area (Å²) in [4.78, 5) is 32.6. The molecular formula is C22H24N4O3S. The summed E-state index contributed by atoms with van der Waals surface area (Å²) in [5.74, 6) is 1.18. The minimum Gasteiger partial charge on any atom is -0.496 e. The number of ether oxygens (including phenoxy) is 1. The van der Waals surface area contributed by atoms with E-state index in [4.69, 9.17) is 4.74 Å². The molecule has 1 amide bonds. The summed E-state index contributed by atoms with van der Waals surface area (Å²) in [6.45, 7) is 0. The topological polar surface area (TPSA) is 97.0 Å². The number of benzene rings is 1. The van der Waals surface area contributed by atoms with E-state index in [9.17, 15) is 9.59 Å². The van der Waals surface area contributed by atoms with Crippen LogP contribution in [0.1, 0.15) is 49.3 Å². The molecule has 1 saturated carbocycles. The van der Waals surface area contributed by atoms with E-state index in [1.165, 1.54) is 36.9 Å². The van der Waals surface area contributed by atoms with Gasteiger partial charge in [-0.05, 0) is 48.1 Å². The van der Waals surface area contributed by atoms with Gasteiger partial charge in [-0.1, -0.05) is 25.3 Å².